The highest BCUT2D eigenvalue weighted by Crippen LogP contribution is 2.28. The maximum Gasteiger partial charge on any atom is 0.185 e. The van der Waals surface area contributed by atoms with E-state index in [1.54, 1.807) is 30.3 Å². The van der Waals surface area contributed by atoms with Crippen molar-refractivity contribution in [3.63, 3.8) is 0 Å². The van der Waals surface area contributed by atoms with Crippen LogP contribution in [0.15, 0.2) is 104 Å². The summed E-state index contributed by atoms with van der Waals surface area (Å²) in [5.74, 6) is -1.49. The second-order valence-electron chi connectivity index (χ2n) is 8.87. The summed E-state index contributed by atoms with van der Waals surface area (Å²) in [5, 5.41) is 17.5. The molecule has 0 bridgehead atoms. The molecule has 0 radical (unpaired) electrons. The van der Waals surface area contributed by atoms with Gasteiger partial charge in [0.2, 0.25) is 0 Å². The first-order valence-electron chi connectivity index (χ1n) is 11.8. The Hall–Kier alpha value is -4.69. The van der Waals surface area contributed by atoms with Crippen LogP contribution < -0.4 is 4.74 Å². The number of allylic oxidation sites excluding steroid dienone is 1. The maximum absolute atomic E-state index is 14.6. The lowest BCUT2D eigenvalue weighted by atomic mass is 9.94. The number of fused-ring (bicyclic) bond motifs is 1. The first-order chi connectivity index (χ1) is 18.4. The van der Waals surface area contributed by atoms with Gasteiger partial charge in [-0.2, -0.15) is 5.10 Å². The molecule has 0 aliphatic carbocycles. The molecule has 190 valence electrons. The summed E-state index contributed by atoms with van der Waals surface area (Å²) in [7, 11) is 0. The molecule has 0 aliphatic rings. The Bertz CT molecular complexity index is 1600. The topological polar surface area (TPSA) is 77.2 Å². The monoisotopic (exact) mass is 511 g/mol. The summed E-state index contributed by atoms with van der Waals surface area (Å²) < 4.78 is 35.1. The van der Waals surface area contributed by atoms with Gasteiger partial charge >= 0.3 is 0 Å². The zero-order valence-corrected chi connectivity index (χ0v) is 20.2. The van der Waals surface area contributed by atoms with E-state index in [0.29, 0.717) is 17.4 Å². The van der Waals surface area contributed by atoms with Gasteiger partial charge in [-0.3, -0.25) is 4.79 Å². The lowest BCUT2D eigenvalue weighted by molar-refractivity contribution is -0.0297. The van der Waals surface area contributed by atoms with Gasteiger partial charge in [-0.25, -0.2) is 18.4 Å². The molecule has 0 saturated carbocycles. The van der Waals surface area contributed by atoms with Gasteiger partial charge in [0.25, 0.3) is 0 Å². The summed E-state index contributed by atoms with van der Waals surface area (Å²) in [6.07, 6.45) is 5.93. The molecule has 5 aromatic rings. The van der Waals surface area contributed by atoms with E-state index in [4.69, 9.17) is 4.74 Å². The van der Waals surface area contributed by atoms with E-state index in [9.17, 15) is 18.7 Å². The fourth-order valence-corrected chi connectivity index (χ4v) is 4.16. The third kappa shape index (κ3) is 5.66. The normalized spacial score (nSPS) is 13.0. The summed E-state index contributed by atoms with van der Waals surface area (Å²) in [6.45, 7) is -0.531. The Morgan fingerprint density at radius 2 is 1.76 bits per heavy atom. The molecule has 38 heavy (non-hydrogen) atoms. The zero-order chi connectivity index (χ0) is 26.5. The summed E-state index contributed by atoms with van der Waals surface area (Å²) in [6, 6.07) is 23.3. The molecule has 0 aliphatic heterocycles. The number of hydrogen-bond donors (Lipinski definition) is 1. The van der Waals surface area contributed by atoms with Crippen molar-refractivity contribution in [3.05, 3.63) is 132 Å². The van der Waals surface area contributed by atoms with Gasteiger partial charge in [-0.05, 0) is 58.8 Å². The number of carbonyl (C=O) groups excluding carboxylic acids is 1. The van der Waals surface area contributed by atoms with Gasteiger partial charge in [-0.1, -0.05) is 48.5 Å². The van der Waals surface area contributed by atoms with Crippen LogP contribution in [0.2, 0.25) is 0 Å². The molecule has 4 aromatic carbocycles. The van der Waals surface area contributed by atoms with E-state index in [-0.39, 0.29) is 24.5 Å². The highest BCUT2D eigenvalue weighted by atomic mass is 19.1. The minimum atomic E-state index is -1.87. The highest BCUT2D eigenvalue weighted by Gasteiger charge is 2.34. The number of hydrogen-bond acceptors (Lipinski definition) is 5. The molecule has 0 spiro atoms. The van der Waals surface area contributed by atoms with Crippen LogP contribution in [0.1, 0.15) is 21.5 Å². The van der Waals surface area contributed by atoms with Crippen LogP contribution >= 0.6 is 0 Å². The van der Waals surface area contributed by atoms with Crippen molar-refractivity contribution in [2.45, 2.75) is 12.1 Å². The van der Waals surface area contributed by atoms with E-state index >= 15 is 0 Å². The van der Waals surface area contributed by atoms with E-state index in [0.717, 1.165) is 22.4 Å². The van der Waals surface area contributed by atoms with Gasteiger partial charge < -0.3 is 9.84 Å². The number of ether oxygens (including phenoxy) is 1. The average molecular weight is 512 g/mol. The summed E-state index contributed by atoms with van der Waals surface area (Å²) in [5.41, 5.74) is -0.642. The van der Waals surface area contributed by atoms with Crippen LogP contribution in [0.3, 0.4) is 0 Å². The van der Waals surface area contributed by atoms with Crippen molar-refractivity contribution in [3.8, 4) is 5.75 Å². The fraction of sp³-hybridized carbons (Fsp3) is 0.100. The molecule has 1 atom stereocenters. The molecule has 1 N–H and O–H groups in total. The largest absolute Gasteiger partial charge is 0.490 e. The molecule has 5 rings (SSSR count). The SMILES string of the molecule is O=C(/C=C/c1ccc2ccccc2c1)c1ccc(OCC(O)(Cn2cncn2)c2ccc(F)cc2F)cc1. The first-order valence-corrected chi connectivity index (χ1v) is 11.8. The van der Waals surface area contributed by atoms with Gasteiger partial charge in [-0.15, -0.1) is 0 Å². The Balaban J connectivity index is 1.28. The van der Waals surface area contributed by atoms with E-state index < -0.39 is 17.2 Å². The molecule has 0 fully saturated rings. The van der Waals surface area contributed by atoms with Gasteiger partial charge in [0.1, 0.15) is 42.2 Å². The molecule has 0 saturated heterocycles. The predicted molar refractivity (Wildman–Crippen MR) is 140 cm³/mol. The third-order valence-corrected chi connectivity index (χ3v) is 6.14. The van der Waals surface area contributed by atoms with Crippen molar-refractivity contribution in [2.24, 2.45) is 0 Å². The van der Waals surface area contributed by atoms with E-state index in [1.165, 1.54) is 29.5 Å². The van der Waals surface area contributed by atoms with E-state index in [2.05, 4.69) is 10.1 Å². The number of benzene rings is 4. The summed E-state index contributed by atoms with van der Waals surface area (Å²) in [4.78, 5) is 16.5. The number of ketones is 1. The second-order valence-corrected chi connectivity index (χ2v) is 8.87. The van der Waals surface area contributed by atoms with Crippen molar-refractivity contribution in [1.82, 2.24) is 14.8 Å². The Morgan fingerprint density at radius 1 is 0.974 bits per heavy atom. The molecular formula is C30H23F2N3O3. The Kier molecular flexibility index (Phi) is 7.06. The maximum atomic E-state index is 14.6. The van der Waals surface area contributed by atoms with Gasteiger partial charge in [0.15, 0.2) is 5.78 Å². The van der Waals surface area contributed by atoms with Crippen LogP contribution in [0.5, 0.6) is 5.75 Å². The number of carbonyl (C=O) groups is 1. The molecule has 1 heterocycles. The minimum Gasteiger partial charge on any atom is -0.490 e. The van der Waals surface area contributed by atoms with Crippen molar-refractivity contribution >= 4 is 22.6 Å². The van der Waals surface area contributed by atoms with Crippen molar-refractivity contribution in [1.29, 1.82) is 0 Å². The number of halogens is 2. The quantitative estimate of drug-likeness (QED) is 0.207. The number of nitrogens with zero attached hydrogens (tertiary/aromatic N) is 3. The highest BCUT2D eigenvalue weighted by molar-refractivity contribution is 6.07. The number of aliphatic hydroxyl groups is 1. The molecular weight excluding hydrogens is 488 g/mol. The van der Waals surface area contributed by atoms with Crippen LogP contribution in [-0.4, -0.2) is 32.3 Å². The standard InChI is InChI=1S/C30H23F2N3O3/c31-25-10-13-27(28(32)16-25)30(37,17-35-20-33-19-34-35)18-38-26-11-8-23(9-12-26)29(36)14-6-21-5-7-22-3-1-2-4-24(22)15-21/h1-16,19-20,37H,17-18H2/b14-6+. The molecule has 1 aromatic heterocycles. The smallest absolute Gasteiger partial charge is 0.185 e. The molecule has 6 nitrogen and oxygen atoms in total. The second kappa shape index (κ2) is 10.7. The first kappa shape index (κ1) is 25.0. The van der Waals surface area contributed by atoms with Crippen molar-refractivity contribution in [2.75, 3.05) is 6.61 Å². The summed E-state index contributed by atoms with van der Waals surface area (Å²) >= 11 is 0. The van der Waals surface area contributed by atoms with Gasteiger partial charge in [0, 0.05) is 17.2 Å². The fourth-order valence-electron chi connectivity index (χ4n) is 4.16. The van der Waals surface area contributed by atoms with Crippen LogP contribution in [0.25, 0.3) is 16.8 Å². The van der Waals surface area contributed by atoms with Crippen LogP contribution in [0, 0.1) is 11.6 Å². The average Bonchev–Trinajstić information content (AvgIpc) is 3.43. The number of rotatable bonds is 9. The molecule has 8 heteroatoms. The molecule has 1 unspecified atom stereocenters. The Labute approximate surface area is 217 Å². The molecule has 0 amide bonds. The zero-order valence-electron chi connectivity index (χ0n) is 20.2. The Morgan fingerprint density at radius 3 is 2.50 bits per heavy atom. The lowest BCUT2D eigenvalue weighted by Crippen LogP contribution is -2.39. The van der Waals surface area contributed by atoms with Crippen LogP contribution in [0.4, 0.5) is 8.78 Å². The van der Waals surface area contributed by atoms with Crippen molar-refractivity contribution < 1.29 is 23.4 Å². The minimum absolute atomic E-state index is 0.139. The number of aromatic nitrogens is 3. The third-order valence-electron chi connectivity index (χ3n) is 6.14. The predicted octanol–water partition coefficient (Wildman–Crippen LogP) is 5.57. The van der Waals surface area contributed by atoms with Gasteiger partial charge in [0.05, 0.1) is 6.54 Å². The lowest BCUT2D eigenvalue weighted by Gasteiger charge is -2.29. The van der Waals surface area contributed by atoms with E-state index in [1.807, 2.05) is 42.5 Å². The van der Waals surface area contributed by atoms with Crippen LogP contribution in [-0.2, 0) is 12.1 Å².